The van der Waals surface area contributed by atoms with Crippen molar-refractivity contribution >= 4 is 17.8 Å². The minimum atomic E-state index is -1.22. The molecule has 0 aliphatic carbocycles. The van der Waals surface area contributed by atoms with Crippen molar-refractivity contribution in [3.05, 3.63) is 70.8 Å². The molecular weight excluding hydrogens is 372 g/mol. The van der Waals surface area contributed by atoms with E-state index in [-0.39, 0.29) is 5.56 Å². The lowest BCUT2D eigenvalue weighted by atomic mass is 10.0. The molecule has 0 saturated carbocycles. The number of hydrogen-bond donors (Lipinski definition) is 1. The van der Waals surface area contributed by atoms with Gasteiger partial charge in [0.25, 0.3) is 5.91 Å². The summed E-state index contributed by atoms with van der Waals surface area (Å²) in [5.74, 6) is -1.72. The summed E-state index contributed by atoms with van der Waals surface area (Å²) >= 11 is 0. The van der Waals surface area contributed by atoms with Crippen LogP contribution >= 0.6 is 0 Å². The molecule has 0 saturated heterocycles. The fourth-order valence-electron chi connectivity index (χ4n) is 2.48. The first-order valence-electron chi connectivity index (χ1n) is 8.86. The smallest absolute Gasteiger partial charge is 0.339 e. The van der Waals surface area contributed by atoms with E-state index in [4.69, 9.17) is 10.00 Å². The Morgan fingerprint density at radius 2 is 1.45 bits per heavy atom. The molecule has 1 atom stereocenters. The van der Waals surface area contributed by atoms with Crippen LogP contribution in [0.15, 0.2) is 48.5 Å². The Morgan fingerprint density at radius 1 is 0.931 bits per heavy atom. The van der Waals surface area contributed by atoms with Crippen LogP contribution in [0.2, 0.25) is 0 Å². The van der Waals surface area contributed by atoms with Gasteiger partial charge in [-0.25, -0.2) is 9.59 Å². The average molecular weight is 394 g/mol. The lowest BCUT2D eigenvalue weighted by molar-refractivity contribution is -0.131. The van der Waals surface area contributed by atoms with Crippen LogP contribution in [0.4, 0.5) is 0 Å². The first-order valence-corrected chi connectivity index (χ1v) is 8.86. The Hall–Kier alpha value is -3.66. The van der Waals surface area contributed by atoms with Gasteiger partial charge in [0, 0.05) is 11.1 Å². The molecule has 7 heteroatoms. The van der Waals surface area contributed by atoms with E-state index in [1.165, 1.54) is 55.6 Å². The van der Waals surface area contributed by atoms with Gasteiger partial charge in [0.1, 0.15) is 0 Å². The number of nitrogens with one attached hydrogen (secondary N) is 1. The maximum Gasteiger partial charge on any atom is 0.339 e. The number of rotatable bonds is 5. The monoisotopic (exact) mass is 394 g/mol. The first-order chi connectivity index (χ1) is 13.6. The Balaban J connectivity index is 2.31. The number of esters is 2. The number of methoxy groups -OCH3 is 1. The Bertz CT molecular complexity index is 935. The van der Waals surface area contributed by atoms with Gasteiger partial charge < -0.3 is 14.8 Å². The molecule has 0 bridgehead atoms. The Kier molecular flexibility index (Phi) is 6.73. The summed E-state index contributed by atoms with van der Waals surface area (Å²) in [6.07, 6.45) is -1.22. The molecule has 0 fully saturated rings. The molecule has 1 N–H and O–H groups in total. The van der Waals surface area contributed by atoms with Crippen LogP contribution in [0.3, 0.4) is 0 Å². The van der Waals surface area contributed by atoms with E-state index in [1.807, 2.05) is 26.8 Å². The highest BCUT2D eigenvalue weighted by molar-refractivity contribution is 5.93. The van der Waals surface area contributed by atoms with Crippen LogP contribution in [0, 0.1) is 11.3 Å². The summed E-state index contributed by atoms with van der Waals surface area (Å²) in [5.41, 5.74) is 0.791. The lowest BCUT2D eigenvalue weighted by Gasteiger charge is -2.25. The fourth-order valence-corrected chi connectivity index (χ4v) is 2.48. The Morgan fingerprint density at radius 3 is 1.93 bits per heavy atom. The third-order valence-electron chi connectivity index (χ3n) is 3.85. The molecule has 0 heterocycles. The van der Waals surface area contributed by atoms with Gasteiger partial charge in [-0.2, -0.15) is 5.26 Å². The summed E-state index contributed by atoms with van der Waals surface area (Å²) in [4.78, 5) is 37.0. The second-order valence-corrected chi connectivity index (χ2v) is 7.33. The highest BCUT2D eigenvalue weighted by Crippen LogP contribution is 2.22. The van der Waals surface area contributed by atoms with Gasteiger partial charge in [-0.3, -0.25) is 4.79 Å². The van der Waals surface area contributed by atoms with Crippen molar-refractivity contribution in [2.75, 3.05) is 7.11 Å². The van der Waals surface area contributed by atoms with Crippen molar-refractivity contribution in [2.24, 2.45) is 0 Å². The zero-order valence-corrected chi connectivity index (χ0v) is 16.7. The SMILES string of the molecule is COC(=O)c1ccc(C(OC(=O)c2ccc(C#N)cc2)C(=O)NC(C)(C)C)cc1. The molecule has 1 unspecified atom stereocenters. The highest BCUT2D eigenvalue weighted by Gasteiger charge is 2.28. The number of nitriles is 1. The second kappa shape index (κ2) is 9.02. The Labute approximate surface area is 169 Å². The molecule has 1 amide bonds. The molecule has 7 nitrogen and oxygen atoms in total. The van der Waals surface area contributed by atoms with Crippen molar-refractivity contribution in [3.63, 3.8) is 0 Å². The molecule has 2 aromatic rings. The van der Waals surface area contributed by atoms with Gasteiger partial charge in [0.05, 0.1) is 29.9 Å². The predicted octanol–water partition coefficient (Wildman–Crippen LogP) is 3.16. The van der Waals surface area contributed by atoms with Gasteiger partial charge in [0.15, 0.2) is 0 Å². The molecule has 0 radical (unpaired) electrons. The zero-order chi connectivity index (χ0) is 21.6. The number of hydrogen-bond acceptors (Lipinski definition) is 6. The minimum absolute atomic E-state index is 0.212. The van der Waals surface area contributed by atoms with E-state index < -0.39 is 29.5 Å². The average Bonchev–Trinajstić information content (AvgIpc) is 2.70. The maximum absolute atomic E-state index is 12.8. The number of nitrogens with zero attached hydrogens (tertiary/aromatic N) is 1. The van der Waals surface area contributed by atoms with E-state index in [0.717, 1.165) is 0 Å². The normalized spacial score (nSPS) is 11.7. The lowest BCUT2D eigenvalue weighted by Crippen LogP contribution is -2.44. The topological polar surface area (TPSA) is 105 Å². The van der Waals surface area contributed by atoms with Crippen LogP contribution in [0.25, 0.3) is 0 Å². The number of benzene rings is 2. The largest absolute Gasteiger partial charge is 0.465 e. The summed E-state index contributed by atoms with van der Waals surface area (Å²) in [6, 6.07) is 13.9. The van der Waals surface area contributed by atoms with E-state index in [9.17, 15) is 14.4 Å². The van der Waals surface area contributed by atoms with Crippen LogP contribution < -0.4 is 5.32 Å². The van der Waals surface area contributed by atoms with Gasteiger partial charge in [-0.05, 0) is 57.2 Å². The van der Waals surface area contributed by atoms with Crippen molar-refractivity contribution in [1.29, 1.82) is 5.26 Å². The van der Waals surface area contributed by atoms with Gasteiger partial charge >= 0.3 is 11.9 Å². The van der Waals surface area contributed by atoms with Crippen LogP contribution in [-0.2, 0) is 14.3 Å². The molecule has 0 aliphatic rings. The summed E-state index contributed by atoms with van der Waals surface area (Å²) in [7, 11) is 1.27. The molecular formula is C22H22N2O5. The minimum Gasteiger partial charge on any atom is -0.465 e. The summed E-state index contributed by atoms with van der Waals surface area (Å²) < 4.78 is 10.1. The van der Waals surface area contributed by atoms with E-state index >= 15 is 0 Å². The van der Waals surface area contributed by atoms with Crippen LogP contribution in [-0.4, -0.2) is 30.5 Å². The maximum atomic E-state index is 12.8. The molecule has 2 rings (SSSR count). The predicted molar refractivity (Wildman–Crippen MR) is 105 cm³/mol. The molecule has 0 spiro atoms. The van der Waals surface area contributed by atoms with Crippen molar-refractivity contribution < 1.29 is 23.9 Å². The zero-order valence-electron chi connectivity index (χ0n) is 16.7. The third-order valence-corrected chi connectivity index (χ3v) is 3.85. The van der Waals surface area contributed by atoms with Gasteiger partial charge in [-0.15, -0.1) is 0 Å². The molecule has 0 aromatic heterocycles. The number of ether oxygens (including phenoxy) is 2. The van der Waals surface area contributed by atoms with Crippen molar-refractivity contribution in [2.45, 2.75) is 32.4 Å². The quantitative estimate of drug-likeness (QED) is 0.781. The summed E-state index contributed by atoms with van der Waals surface area (Å²) in [6.45, 7) is 5.43. The number of carbonyl (C=O) groups is 3. The molecule has 150 valence electrons. The highest BCUT2D eigenvalue weighted by atomic mass is 16.5. The van der Waals surface area contributed by atoms with Gasteiger partial charge in [0.2, 0.25) is 6.10 Å². The molecule has 2 aromatic carbocycles. The van der Waals surface area contributed by atoms with Crippen molar-refractivity contribution in [1.82, 2.24) is 5.32 Å². The van der Waals surface area contributed by atoms with E-state index in [0.29, 0.717) is 16.7 Å². The molecule has 29 heavy (non-hydrogen) atoms. The number of amides is 1. The third kappa shape index (κ3) is 5.91. The standard InChI is InChI=1S/C22H22N2O5/c1-22(2,3)24-19(25)18(15-9-11-16(12-10-15)20(26)28-4)29-21(27)17-7-5-14(13-23)6-8-17/h5-12,18H,1-4H3,(H,24,25). The van der Waals surface area contributed by atoms with Crippen LogP contribution in [0.1, 0.15) is 58.7 Å². The van der Waals surface area contributed by atoms with E-state index in [1.54, 1.807) is 0 Å². The molecule has 0 aliphatic heterocycles. The summed E-state index contributed by atoms with van der Waals surface area (Å²) in [5, 5.41) is 11.7. The second-order valence-electron chi connectivity index (χ2n) is 7.33. The fraction of sp³-hybridized carbons (Fsp3) is 0.273. The van der Waals surface area contributed by atoms with Crippen LogP contribution in [0.5, 0.6) is 0 Å². The van der Waals surface area contributed by atoms with Gasteiger partial charge in [-0.1, -0.05) is 12.1 Å². The van der Waals surface area contributed by atoms with E-state index in [2.05, 4.69) is 10.1 Å². The first kappa shape index (κ1) is 21.6. The van der Waals surface area contributed by atoms with Crippen molar-refractivity contribution in [3.8, 4) is 6.07 Å². The number of carbonyl (C=O) groups excluding carboxylic acids is 3.